The monoisotopic (exact) mass is 261 g/mol. The van der Waals surface area contributed by atoms with Crippen LogP contribution in [0, 0.1) is 0 Å². The van der Waals surface area contributed by atoms with Crippen molar-refractivity contribution in [1.82, 2.24) is 10.2 Å². The second kappa shape index (κ2) is 6.33. The van der Waals surface area contributed by atoms with Gasteiger partial charge in [-0.25, -0.2) is 0 Å². The van der Waals surface area contributed by atoms with E-state index in [1.54, 1.807) is 0 Å². The highest BCUT2D eigenvalue weighted by atomic mass is 16.2. The van der Waals surface area contributed by atoms with Gasteiger partial charge in [-0.2, -0.15) is 0 Å². The van der Waals surface area contributed by atoms with Crippen LogP contribution >= 0.6 is 0 Å². The molecule has 2 amide bonds. The normalized spacial score (nSPS) is 15.1. The lowest BCUT2D eigenvalue weighted by atomic mass is 10.1. The highest BCUT2D eigenvalue weighted by Crippen LogP contribution is 2.12. The van der Waals surface area contributed by atoms with Crippen LogP contribution in [0.25, 0.3) is 0 Å². The summed E-state index contributed by atoms with van der Waals surface area (Å²) in [5.74, 6) is 0.0343. The second-order valence-corrected chi connectivity index (χ2v) is 4.69. The molecule has 1 aliphatic heterocycles. The van der Waals surface area contributed by atoms with Crippen molar-refractivity contribution in [3.63, 3.8) is 0 Å². The zero-order valence-electron chi connectivity index (χ0n) is 11.1. The van der Waals surface area contributed by atoms with Crippen LogP contribution in [0.5, 0.6) is 0 Å². The molecule has 0 saturated carbocycles. The predicted molar refractivity (Wildman–Crippen MR) is 73.9 cm³/mol. The number of hydrogen-bond donors (Lipinski definition) is 2. The van der Waals surface area contributed by atoms with Gasteiger partial charge in [0.05, 0.1) is 6.42 Å². The van der Waals surface area contributed by atoms with Crippen LogP contribution in [0.1, 0.15) is 12.5 Å². The van der Waals surface area contributed by atoms with Crippen molar-refractivity contribution >= 4 is 17.5 Å². The van der Waals surface area contributed by atoms with Crippen LogP contribution in [0.15, 0.2) is 24.3 Å². The maximum Gasteiger partial charge on any atom is 0.227 e. The highest BCUT2D eigenvalue weighted by molar-refractivity contribution is 5.89. The van der Waals surface area contributed by atoms with Crippen LogP contribution < -0.4 is 10.6 Å². The summed E-state index contributed by atoms with van der Waals surface area (Å²) in [6.07, 6.45) is 0.382. The van der Waals surface area contributed by atoms with Gasteiger partial charge in [0.2, 0.25) is 11.8 Å². The van der Waals surface area contributed by atoms with Gasteiger partial charge in [-0.1, -0.05) is 12.1 Å². The third-order valence-corrected chi connectivity index (χ3v) is 3.07. The molecular formula is C14H19N3O2. The van der Waals surface area contributed by atoms with Crippen molar-refractivity contribution in [1.29, 1.82) is 0 Å². The van der Waals surface area contributed by atoms with Crippen LogP contribution in [0.3, 0.4) is 0 Å². The van der Waals surface area contributed by atoms with Crippen molar-refractivity contribution in [3.8, 4) is 0 Å². The van der Waals surface area contributed by atoms with Crippen LogP contribution in [0.4, 0.5) is 5.69 Å². The Bertz CT molecular complexity index is 468. The van der Waals surface area contributed by atoms with Gasteiger partial charge in [0.25, 0.3) is 0 Å². The zero-order chi connectivity index (χ0) is 13.7. The first kappa shape index (κ1) is 13.5. The Morgan fingerprint density at radius 1 is 1.32 bits per heavy atom. The van der Waals surface area contributed by atoms with Gasteiger partial charge in [-0.05, 0) is 17.7 Å². The fraction of sp³-hybridized carbons (Fsp3) is 0.429. The van der Waals surface area contributed by atoms with E-state index >= 15 is 0 Å². The second-order valence-electron chi connectivity index (χ2n) is 4.69. The first-order valence-corrected chi connectivity index (χ1v) is 6.50. The van der Waals surface area contributed by atoms with Gasteiger partial charge in [0.15, 0.2) is 0 Å². The average molecular weight is 261 g/mol. The summed E-state index contributed by atoms with van der Waals surface area (Å²) in [5, 5.41) is 5.95. The lowest BCUT2D eigenvalue weighted by Crippen LogP contribution is -2.46. The number of rotatable bonds is 3. The summed E-state index contributed by atoms with van der Waals surface area (Å²) >= 11 is 0. The lowest BCUT2D eigenvalue weighted by molar-refractivity contribution is -0.131. The summed E-state index contributed by atoms with van der Waals surface area (Å²) in [6, 6.07) is 7.43. The quantitative estimate of drug-likeness (QED) is 0.838. The summed E-state index contributed by atoms with van der Waals surface area (Å²) in [4.78, 5) is 25.0. The van der Waals surface area contributed by atoms with E-state index in [0.717, 1.165) is 37.4 Å². The van der Waals surface area contributed by atoms with Crippen molar-refractivity contribution in [3.05, 3.63) is 29.8 Å². The molecule has 0 aromatic heterocycles. The number of benzene rings is 1. The first-order chi connectivity index (χ1) is 9.15. The maximum atomic E-state index is 12.1. The number of hydrogen-bond acceptors (Lipinski definition) is 3. The predicted octanol–water partition coefficient (Wildman–Crippen LogP) is 0.619. The molecule has 1 saturated heterocycles. The zero-order valence-corrected chi connectivity index (χ0v) is 11.1. The smallest absolute Gasteiger partial charge is 0.227 e. The molecule has 0 unspecified atom stereocenters. The summed E-state index contributed by atoms with van der Waals surface area (Å²) in [7, 11) is 0. The molecule has 0 atom stereocenters. The minimum Gasteiger partial charge on any atom is -0.340 e. The lowest BCUT2D eigenvalue weighted by Gasteiger charge is -2.27. The van der Waals surface area contributed by atoms with Crippen molar-refractivity contribution < 1.29 is 9.59 Å². The molecule has 0 spiro atoms. The maximum absolute atomic E-state index is 12.1. The molecule has 0 aliphatic carbocycles. The van der Waals surface area contributed by atoms with Gasteiger partial charge in [-0.3, -0.25) is 9.59 Å². The third-order valence-electron chi connectivity index (χ3n) is 3.07. The molecule has 1 heterocycles. The molecule has 0 bridgehead atoms. The SMILES string of the molecule is CC(=O)Nc1cccc(CC(=O)N2CCNCC2)c1. The summed E-state index contributed by atoms with van der Waals surface area (Å²) in [5.41, 5.74) is 1.66. The Kier molecular flexibility index (Phi) is 4.52. The van der Waals surface area contributed by atoms with E-state index in [-0.39, 0.29) is 11.8 Å². The molecule has 19 heavy (non-hydrogen) atoms. The number of anilines is 1. The molecule has 102 valence electrons. The summed E-state index contributed by atoms with van der Waals surface area (Å²) in [6.45, 7) is 4.72. The van der Waals surface area contributed by atoms with E-state index in [9.17, 15) is 9.59 Å². The fourth-order valence-electron chi connectivity index (χ4n) is 2.16. The Hall–Kier alpha value is -1.88. The van der Waals surface area contributed by atoms with Crippen molar-refractivity contribution in [2.75, 3.05) is 31.5 Å². The molecule has 5 heteroatoms. The van der Waals surface area contributed by atoms with E-state index in [1.165, 1.54) is 6.92 Å². The van der Waals surface area contributed by atoms with E-state index in [2.05, 4.69) is 10.6 Å². The Balaban J connectivity index is 1.97. The molecule has 1 aromatic rings. The standard InChI is InChI=1S/C14H19N3O2/c1-11(18)16-13-4-2-3-12(9-13)10-14(19)17-7-5-15-6-8-17/h2-4,9,15H,5-8,10H2,1H3,(H,16,18). The van der Waals surface area contributed by atoms with Gasteiger partial charge >= 0.3 is 0 Å². The van der Waals surface area contributed by atoms with Crippen LogP contribution in [0.2, 0.25) is 0 Å². The largest absolute Gasteiger partial charge is 0.340 e. The number of amides is 2. The topological polar surface area (TPSA) is 61.4 Å². The summed E-state index contributed by atoms with van der Waals surface area (Å²) < 4.78 is 0. The van der Waals surface area contributed by atoms with Crippen molar-refractivity contribution in [2.45, 2.75) is 13.3 Å². The van der Waals surface area contributed by atoms with E-state index in [4.69, 9.17) is 0 Å². The molecule has 0 radical (unpaired) electrons. The van der Waals surface area contributed by atoms with Gasteiger partial charge in [0.1, 0.15) is 0 Å². The minimum absolute atomic E-state index is 0.106. The highest BCUT2D eigenvalue weighted by Gasteiger charge is 2.16. The molecule has 1 aromatic carbocycles. The fourth-order valence-corrected chi connectivity index (χ4v) is 2.16. The number of nitrogens with one attached hydrogen (secondary N) is 2. The van der Waals surface area contributed by atoms with Gasteiger partial charge in [-0.15, -0.1) is 0 Å². The molecule has 1 fully saturated rings. The number of carbonyl (C=O) groups excluding carboxylic acids is 2. The molecule has 2 N–H and O–H groups in total. The van der Waals surface area contributed by atoms with Crippen molar-refractivity contribution in [2.24, 2.45) is 0 Å². The number of carbonyl (C=O) groups is 2. The third kappa shape index (κ3) is 4.06. The van der Waals surface area contributed by atoms with Crippen LogP contribution in [-0.4, -0.2) is 42.9 Å². The molecular weight excluding hydrogens is 242 g/mol. The minimum atomic E-state index is -0.106. The average Bonchev–Trinajstić information content (AvgIpc) is 2.39. The van der Waals surface area contributed by atoms with E-state index in [0.29, 0.717) is 6.42 Å². The number of nitrogens with zero attached hydrogens (tertiary/aromatic N) is 1. The van der Waals surface area contributed by atoms with Gasteiger partial charge in [0, 0.05) is 38.8 Å². The Labute approximate surface area is 113 Å². The molecule has 2 rings (SSSR count). The number of piperazine rings is 1. The van der Waals surface area contributed by atoms with Crippen LogP contribution in [-0.2, 0) is 16.0 Å². The Morgan fingerprint density at radius 2 is 2.05 bits per heavy atom. The molecule has 1 aliphatic rings. The van der Waals surface area contributed by atoms with Gasteiger partial charge < -0.3 is 15.5 Å². The Morgan fingerprint density at radius 3 is 2.74 bits per heavy atom. The van der Waals surface area contributed by atoms with E-state index < -0.39 is 0 Å². The molecule has 5 nitrogen and oxygen atoms in total. The van der Waals surface area contributed by atoms with E-state index in [1.807, 2.05) is 29.2 Å². The first-order valence-electron chi connectivity index (χ1n) is 6.50.